The molecule has 0 aliphatic carbocycles. The van der Waals surface area contributed by atoms with Gasteiger partial charge in [-0.15, -0.1) is 5.10 Å². The molecule has 0 amide bonds. The highest BCUT2D eigenvalue weighted by Crippen LogP contribution is 2.17. The zero-order chi connectivity index (χ0) is 9.26. The molecule has 66 valence electrons. The van der Waals surface area contributed by atoms with Crippen molar-refractivity contribution < 1.29 is 0 Å². The standard InChI is InChI=1S/C9H10N4/c1-7-8(10)3-2-4-9(7)13-6-5-11-12-13/h2-6H,10H2,1H3. The van der Waals surface area contributed by atoms with Crippen LogP contribution in [0.25, 0.3) is 5.69 Å². The van der Waals surface area contributed by atoms with Crippen molar-refractivity contribution in [3.05, 3.63) is 36.2 Å². The molecule has 0 aliphatic rings. The van der Waals surface area contributed by atoms with Gasteiger partial charge in [-0.2, -0.15) is 0 Å². The highest BCUT2D eigenvalue weighted by Gasteiger charge is 2.02. The molecular weight excluding hydrogens is 164 g/mol. The third kappa shape index (κ3) is 1.26. The van der Waals surface area contributed by atoms with Crippen molar-refractivity contribution in [3.8, 4) is 5.69 Å². The van der Waals surface area contributed by atoms with E-state index in [1.165, 1.54) is 0 Å². The zero-order valence-corrected chi connectivity index (χ0v) is 7.31. The van der Waals surface area contributed by atoms with Gasteiger partial charge >= 0.3 is 0 Å². The average molecular weight is 174 g/mol. The maximum Gasteiger partial charge on any atom is 0.0713 e. The third-order valence-electron chi connectivity index (χ3n) is 2.02. The van der Waals surface area contributed by atoms with E-state index in [-0.39, 0.29) is 0 Å². The van der Waals surface area contributed by atoms with E-state index < -0.39 is 0 Å². The molecule has 0 unspecified atom stereocenters. The first kappa shape index (κ1) is 7.79. The summed E-state index contributed by atoms with van der Waals surface area (Å²) in [5, 5.41) is 7.64. The molecule has 0 spiro atoms. The highest BCUT2D eigenvalue weighted by molar-refractivity contribution is 5.56. The van der Waals surface area contributed by atoms with Crippen molar-refractivity contribution in [1.29, 1.82) is 0 Å². The Hall–Kier alpha value is -1.84. The smallest absolute Gasteiger partial charge is 0.0713 e. The molecule has 13 heavy (non-hydrogen) atoms. The predicted octanol–water partition coefficient (Wildman–Crippen LogP) is 1.16. The van der Waals surface area contributed by atoms with E-state index in [2.05, 4.69) is 10.3 Å². The monoisotopic (exact) mass is 174 g/mol. The highest BCUT2D eigenvalue weighted by atomic mass is 15.4. The minimum absolute atomic E-state index is 0.771. The minimum atomic E-state index is 0.771. The summed E-state index contributed by atoms with van der Waals surface area (Å²) in [6.07, 6.45) is 3.43. The molecular formula is C9H10N4. The molecule has 2 rings (SSSR count). The van der Waals surface area contributed by atoms with E-state index in [1.807, 2.05) is 25.1 Å². The van der Waals surface area contributed by atoms with Crippen LogP contribution in [-0.2, 0) is 0 Å². The molecule has 4 nitrogen and oxygen atoms in total. The van der Waals surface area contributed by atoms with E-state index in [0.29, 0.717) is 0 Å². The van der Waals surface area contributed by atoms with E-state index >= 15 is 0 Å². The van der Waals surface area contributed by atoms with Crippen LogP contribution in [0.2, 0.25) is 0 Å². The summed E-state index contributed by atoms with van der Waals surface area (Å²) < 4.78 is 1.70. The van der Waals surface area contributed by atoms with Gasteiger partial charge in [-0.25, -0.2) is 4.68 Å². The molecule has 0 aliphatic heterocycles. The summed E-state index contributed by atoms with van der Waals surface area (Å²) in [5.74, 6) is 0. The number of hydrogen-bond donors (Lipinski definition) is 1. The summed E-state index contributed by atoms with van der Waals surface area (Å²) in [4.78, 5) is 0. The maximum absolute atomic E-state index is 5.77. The molecule has 0 atom stereocenters. The van der Waals surface area contributed by atoms with Crippen molar-refractivity contribution in [2.75, 3.05) is 5.73 Å². The molecule has 1 heterocycles. The second-order valence-electron chi connectivity index (χ2n) is 2.84. The Bertz CT molecular complexity index is 406. The van der Waals surface area contributed by atoms with Crippen molar-refractivity contribution in [2.24, 2.45) is 0 Å². The minimum Gasteiger partial charge on any atom is -0.398 e. The second kappa shape index (κ2) is 2.90. The summed E-state index contributed by atoms with van der Waals surface area (Å²) >= 11 is 0. The third-order valence-corrected chi connectivity index (χ3v) is 2.02. The quantitative estimate of drug-likeness (QED) is 0.660. The van der Waals surface area contributed by atoms with Crippen molar-refractivity contribution in [2.45, 2.75) is 6.92 Å². The van der Waals surface area contributed by atoms with Gasteiger partial charge < -0.3 is 5.73 Å². The topological polar surface area (TPSA) is 56.7 Å². The maximum atomic E-state index is 5.77. The SMILES string of the molecule is Cc1c(N)cccc1-n1ccnn1. The van der Waals surface area contributed by atoms with Crippen LogP contribution in [0.4, 0.5) is 5.69 Å². The summed E-state index contributed by atoms with van der Waals surface area (Å²) in [6, 6.07) is 5.73. The van der Waals surface area contributed by atoms with Gasteiger partial charge in [0.1, 0.15) is 0 Å². The van der Waals surface area contributed by atoms with Crippen LogP contribution in [0.15, 0.2) is 30.6 Å². The van der Waals surface area contributed by atoms with Gasteiger partial charge in [-0.3, -0.25) is 0 Å². The van der Waals surface area contributed by atoms with E-state index in [0.717, 1.165) is 16.9 Å². The molecule has 2 aromatic rings. The van der Waals surface area contributed by atoms with Gasteiger partial charge in [-0.1, -0.05) is 11.3 Å². The molecule has 0 saturated carbocycles. The van der Waals surface area contributed by atoms with Crippen molar-refractivity contribution in [1.82, 2.24) is 15.0 Å². The Morgan fingerprint density at radius 1 is 1.38 bits per heavy atom. The van der Waals surface area contributed by atoms with Crippen LogP contribution in [-0.4, -0.2) is 15.0 Å². The Labute approximate surface area is 76.0 Å². The first-order valence-corrected chi connectivity index (χ1v) is 4.01. The van der Waals surface area contributed by atoms with Gasteiger partial charge in [0.15, 0.2) is 0 Å². The normalized spacial score (nSPS) is 10.2. The average Bonchev–Trinajstić information content (AvgIpc) is 2.62. The molecule has 4 heteroatoms. The Kier molecular flexibility index (Phi) is 1.73. The Morgan fingerprint density at radius 3 is 2.92 bits per heavy atom. The number of anilines is 1. The van der Waals surface area contributed by atoms with Crippen LogP contribution in [0.1, 0.15) is 5.56 Å². The first-order chi connectivity index (χ1) is 6.29. The van der Waals surface area contributed by atoms with E-state index in [1.54, 1.807) is 17.1 Å². The summed E-state index contributed by atoms with van der Waals surface area (Å²) in [7, 11) is 0. The zero-order valence-electron chi connectivity index (χ0n) is 7.31. The Balaban J connectivity index is 2.59. The number of nitrogens with two attached hydrogens (primary N) is 1. The summed E-state index contributed by atoms with van der Waals surface area (Å²) in [5.41, 5.74) is 8.53. The molecule has 1 aromatic heterocycles. The number of nitrogen functional groups attached to an aromatic ring is 1. The number of nitrogens with zero attached hydrogens (tertiary/aromatic N) is 3. The fraction of sp³-hybridized carbons (Fsp3) is 0.111. The molecule has 1 aromatic carbocycles. The molecule has 0 saturated heterocycles. The molecule has 0 fully saturated rings. The molecule has 0 radical (unpaired) electrons. The number of rotatable bonds is 1. The van der Waals surface area contributed by atoms with E-state index in [9.17, 15) is 0 Å². The lowest BCUT2D eigenvalue weighted by molar-refractivity contribution is 0.799. The number of aromatic nitrogens is 3. The number of benzene rings is 1. The van der Waals surface area contributed by atoms with Crippen LogP contribution in [0, 0.1) is 6.92 Å². The largest absolute Gasteiger partial charge is 0.398 e. The molecule has 2 N–H and O–H groups in total. The fourth-order valence-corrected chi connectivity index (χ4v) is 1.23. The van der Waals surface area contributed by atoms with Crippen LogP contribution >= 0.6 is 0 Å². The first-order valence-electron chi connectivity index (χ1n) is 4.01. The van der Waals surface area contributed by atoms with Crippen LogP contribution in [0.5, 0.6) is 0 Å². The Morgan fingerprint density at radius 2 is 2.23 bits per heavy atom. The second-order valence-corrected chi connectivity index (χ2v) is 2.84. The van der Waals surface area contributed by atoms with Crippen LogP contribution < -0.4 is 5.73 Å². The fourth-order valence-electron chi connectivity index (χ4n) is 1.23. The summed E-state index contributed by atoms with van der Waals surface area (Å²) in [6.45, 7) is 1.96. The lowest BCUT2D eigenvalue weighted by Crippen LogP contribution is -2.00. The lowest BCUT2D eigenvalue weighted by atomic mass is 10.1. The van der Waals surface area contributed by atoms with Gasteiger partial charge in [-0.05, 0) is 24.6 Å². The van der Waals surface area contributed by atoms with Gasteiger partial charge in [0.25, 0.3) is 0 Å². The number of hydrogen-bond acceptors (Lipinski definition) is 3. The molecule has 0 bridgehead atoms. The van der Waals surface area contributed by atoms with Gasteiger partial charge in [0.2, 0.25) is 0 Å². The van der Waals surface area contributed by atoms with Crippen LogP contribution in [0.3, 0.4) is 0 Å². The van der Waals surface area contributed by atoms with Crippen molar-refractivity contribution >= 4 is 5.69 Å². The lowest BCUT2D eigenvalue weighted by Gasteiger charge is -2.06. The van der Waals surface area contributed by atoms with E-state index in [4.69, 9.17) is 5.73 Å². The van der Waals surface area contributed by atoms with Gasteiger partial charge in [0.05, 0.1) is 18.1 Å². The van der Waals surface area contributed by atoms with Gasteiger partial charge in [0, 0.05) is 5.69 Å². The predicted molar refractivity (Wildman–Crippen MR) is 50.5 cm³/mol. The van der Waals surface area contributed by atoms with Crippen molar-refractivity contribution in [3.63, 3.8) is 0 Å².